The lowest BCUT2D eigenvalue weighted by Gasteiger charge is -2.13. The number of amides is 1. The summed E-state index contributed by atoms with van der Waals surface area (Å²) in [5.41, 5.74) is 2.11. The highest BCUT2D eigenvalue weighted by molar-refractivity contribution is 9.10. The molecule has 0 atom stereocenters. The minimum absolute atomic E-state index is 0.0718. The molecular weight excluding hydrogens is 472 g/mol. The molecule has 0 radical (unpaired) electrons. The summed E-state index contributed by atoms with van der Waals surface area (Å²) < 4.78 is 2.15. The van der Waals surface area contributed by atoms with Gasteiger partial charge in [-0.05, 0) is 40.2 Å². The zero-order valence-corrected chi connectivity index (χ0v) is 17.5. The van der Waals surface area contributed by atoms with Crippen LogP contribution in [0.3, 0.4) is 0 Å². The van der Waals surface area contributed by atoms with E-state index in [1.807, 2.05) is 6.07 Å². The van der Waals surface area contributed by atoms with Crippen LogP contribution >= 0.6 is 50.7 Å². The molecule has 0 unspecified atom stereocenters. The standard InChI is InChI=1S/C19H11BrCl3N3O/c20-16-13(9-24)18(23)26(10-25-19(27)11-4-2-1-3-5-11)17(16)12-6-7-14(21)15(22)8-12/h1-8H,10H2,(H,25,27). The molecule has 136 valence electrons. The molecule has 0 spiro atoms. The van der Waals surface area contributed by atoms with Gasteiger partial charge in [0.2, 0.25) is 0 Å². The molecule has 8 heteroatoms. The number of hydrogen-bond donors (Lipinski definition) is 1. The van der Waals surface area contributed by atoms with Gasteiger partial charge < -0.3 is 9.88 Å². The SMILES string of the molecule is N#Cc1c(Br)c(-c2ccc(Cl)c(Cl)c2)n(CNC(=O)c2ccccc2)c1Cl. The lowest BCUT2D eigenvalue weighted by atomic mass is 10.1. The molecule has 0 saturated carbocycles. The van der Waals surface area contributed by atoms with Crippen LogP contribution in [0.5, 0.6) is 0 Å². The number of carbonyl (C=O) groups excluding carboxylic acids is 1. The van der Waals surface area contributed by atoms with E-state index in [-0.39, 0.29) is 23.3 Å². The number of rotatable bonds is 4. The molecule has 3 rings (SSSR count). The number of hydrogen-bond acceptors (Lipinski definition) is 2. The zero-order chi connectivity index (χ0) is 19.6. The van der Waals surface area contributed by atoms with Crippen molar-refractivity contribution in [1.29, 1.82) is 5.26 Å². The second-order valence-electron chi connectivity index (χ2n) is 5.53. The Kier molecular flexibility index (Phi) is 6.13. The molecule has 0 bridgehead atoms. The molecule has 1 heterocycles. The summed E-state index contributed by atoms with van der Waals surface area (Å²) in [5, 5.41) is 13.2. The molecule has 1 N–H and O–H groups in total. The number of benzene rings is 2. The van der Waals surface area contributed by atoms with Gasteiger partial charge in [-0.25, -0.2) is 0 Å². The van der Waals surface area contributed by atoms with E-state index in [9.17, 15) is 10.1 Å². The maximum atomic E-state index is 12.4. The summed E-state index contributed by atoms with van der Waals surface area (Å²) in [5.74, 6) is -0.255. The van der Waals surface area contributed by atoms with Gasteiger partial charge in [0.25, 0.3) is 5.91 Å². The van der Waals surface area contributed by atoms with Crippen molar-refractivity contribution in [2.24, 2.45) is 0 Å². The number of nitrogens with zero attached hydrogens (tertiary/aromatic N) is 2. The molecule has 0 aliphatic rings. The molecule has 1 amide bonds. The van der Waals surface area contributed by atoms with Crippen molar-refractivity contribution in [2.45, 2.75) is 6.67 Å². The van der Waals surface area contributed by atoms with Gasteiger partial charge in [-0.15, -0.1) is 0 Å². The smallest absolute Gasteiger partial charge is 0.252 e. The van der Waals surface area contributed by atoms with Crippen LogP contribution < -0.4 is 5.32 Å². The highest BCUT2D eigenvalue weighted by Gasteiger charge is 2.22. The maximum absolute atomic E-state index is 12.4. The van der Waals surface area contributed by atoms with Crippen molar-refractivity contribution in [3.63, 3.8) is 0 Å². The third kappa shape index (κ3) is 3.99. The third-order valence-corrected chi connectivity index (χ3v) is 5.78. The first kappa shape index (κ1) is 19.8. The highest BCUT2D eigenvalue weighted by Crippen LogP contribution is 2.39. The second kappa shape index (κ2) is 8.37. The molecule has 27 heavy (non-hydrogen) atoms. The van der Waals surface area contributed by atoms with E-state index in [2.05, 4.69) is 27.3 Å². The fourth-order valence-corrected chi connectivity index (χ4v) is 3.99. The zero-order valence-electron chi connectivity index (χ0n) is 13.6. The quantitative estimate of drug-likeness (QED) is 0.485. The van der Waals surface area contributed by atoms with Crippen molar-refractivity contribution < 1.29 is 4.79 Å². The predicted molar refractivity (Wildman–Crippen MR) is 111 cm³/mol. The van der Waals surface area contributed by atoms with E-state index >= 15 is 0 Å². The number of halogens is 4. The Bertz CT molecular complexity index is 1060. The summed E-state index contributed by atoms with van der Waals surface area (Å²) >= 11 is 21.9. The van der Waals surface area contributed by atoms with Crippen molar-refractivity contribution in [1.82, 2.24) is 9.88 Å². The molecule has 0 saturated heterocycles. The maximum Gasteiger partial charge on any atom is 0.252 e. The first-order chi connectivity index (χ1) is 12.9. The van der Waals surface area contributed by atoms with Gasteiger partial charge in [0.05, 0.1) is 26.9 Å². The van der Waals surface area contributed by atoms with E-state index < -0.39 is 0 Å². The van der Waals surface area contributed by atoms with E-state index in [4.69, 9.17) is 34.8 Å². The first-order valence-electron chi connectivity index (χ1n) is 7.70. The minimum atomic E-state index is -0.255. The highest BCUT2D eigenvalue weighted by atomic mass is 79.9. The van der Waals surface area contributed by atoms with Crippen LogP contribution in [-0.2, 0) is 6.67 Å². The molecule has 1 aromatic heterocycles. The lowest BCUT2D eigenvalue weighted by molar-refractivity contribution is 0.0942. The van der Waals surface area contributed by atoms with Gasteiger partial charge in [0.1, 0.15) is 16.8 Å². The van der Waals surface area contributed by atoms with Crippen molar-refractivity contribution >= 4 is 56.6 Å². The van der Waals surface area contributed by atoms with Crippen LogP contribution in [-0.4, -0.2) is 10.5 Å². The van der Waals surface area contributed by atoms with E-state index in [0.717, 1.165) is 0 Å². The Hall–Kier alpha value is -1.97. The molecule has 0 aliphatic heterocycles. The molecule has 4 nitrogen and oxygen atoms in total. The van der Waals surface area contributed by atoms with E-state index in [1.54, 1.807) is 47.0 Å². The van der Waals surface area contributed by atoms with Crippen LogP contribution in [0.15, 0.2) is 53.0 Å². The minimum Gasteiger partial charge on any atom is -0.334 e. The van der Waals surface area contributed by atoms with Crippen molar-refractivity contribution in [3.8, 4) is 17.3 Å². The molecule has 0 aliphatic carbocycles. The number of nitriles is 1. The Morgan fingerprint density at radius 2 is 1.81 bits per heavy atom. The monoisotopic (exact) mass is 481 g/mol. The Labute approximate surface area is 179 Å². The van der Waals surface area contributed by atoms with Gasteiger partial charge in [-0.2, -0.15) is 5.26 Å². The summed E-state index contributed by atoms with van der Waals surface area (Å²) in [4.78, 5) is 12.4. The van der Waals surface area contributed by atoms with Crippen LogP contribution in [0.1, 0.15) is 15.9 Å². The van der Waals surface area contributed by atoms with Gasteiger partial charge in [-0.1, -0.05) is 59.1 Å². The average molecular weight is 484 g/mol. The van der Waals surface area contributed by atoms with Crippen molar-refractivity contribution in [2.75, 3.05) is 0 Å². The average Bonchev–Trinajstić information content (AvgIpc) is 2.92. The predicted octanol–water partition coefficient (Wildman–Crippen LogP) is 6.14. The van der Waals surface area contributed by atoms with Crippen LogP contribution in [0.25, 0.3) is 11.3 Å². The Balaban J connectivity index is 2.00. The number of aromatic nitrogens is 1. The van der Waals surface area contributed by atoms with Crippen LogP contribution in [0, 0.1) is 11.3 Å². The molecule has 2 aromatic carbocycles. The van der Waals surface area contributed by atoms with E-state index in [1.165, 1.54) is 0 Å². The van der Waals surface area contributed by atoms with Crippen LogP contribution in [0.2, 0.25) is 15.2 Å². The van der Waals surface area contributed by atoms with E-state index in [0.29, 0.717) is 31.3 Å². The lowest BCUT2D eigenvalue weighted by Crippen LogP contribution is -2.26. The van der Waals surface area contributed by atoms with Crippen LogP contribution in [0.4, 0.5) is 0 Å². The summed E-state index contributed by atoms with van der Waals surface area (Å²) in [6.45, 7) is 0.0718. The summed E-state index contributed by atoms with van der Waals surface area (Å²) in [7, 11) is 0. The third-order valence-electron chi connectivity index (χ3n) is 3.88. The number of nitrogens with one attached hydrogen (secondary N) is 1. The molecular formula is C19H11BrCl3N3O. The molecule has 3 aromatic rings. The topological polar surface area (TPSA) is 57.8 Å². The van der Waals surface area contributed by atoms with Gasteiger partial charge in [0, 0.05) is 11.1 Å². The van der Waals surface area contributed by atoms with Gasteiger partial charge in [0.15, 0.2) is 0 Å². The normalized spacial score (nSPS) is 10.5. The number of carbonyl (C=O) groups is 1. The second-order valence-corrected chi connectivity index (χ2v) is 7.49. The largest absolute Gasteiger partial charge is 0.334 e. The Morgan fingerprint density at radius 1 is 1.11 bits per heavy atom. The fraction of sp³-hybridized carbons (Fsp3) is 0.0526. The van der Waals surface area contributed by atoms with Gasteiger partial charge >= 0.3 is 0 Å². The Morgan fingerprint density at radius 3 is 2.44 bits per heavy atom. The summed E-state index contributed by atoms with van der Waals surface area (Å²) in [6.07, 6.45) is 0. The fourth-order valence-electron chi connectivity index (χ4n) is 2.57. The first-order valence-corrected chi connectivity index (χ1v) is 9.63. The molecule has 0 fully saturated rings. The summed E-state index contributed by atoms with van der Waals surface area (Å²) in [6, 6.07) is 16.0. The van der Waals surface area contributed by atoms with Crippen molar-refractivity contribution in [3.05, 3.63) is 79.3 Å². The van der Waals surface area contributed by atoms with Gasteiger partial charge in [-0.3, -0.25) is 4.79 Å².